The Hall–Kier alpha value is -2.69. The van der Waals surface area contributed by atoms with Gasteiger partial charge in [0.05, 0.1) is 23.7 Å². The van der Waals surface area contributed by atoms with Crippen LogP contribution in [-0.4, -0.2) is 23.0 Å². The summed E-state index contributed by atoms with van der Waals surface area (Å²) in [5.41, 5.74) is 2.11. The van der Waals surface area contributed by atoms with Gasteiger partial charge in [0.2, 0.25) is 15.0 Å². The molecule has 0 fully saturated rings. The number of benzene rings is 2. The van der Waals surface area contributed by atoms with E-state index in [-0.39, 0.29) is 12.1 Å². The summed E-state index contributed by atoms with van der Waals surface area (Å²) in [6.45, 7) is 1.93. The molecule has 2 aromatic carbocycles. The van der Waals surface area contributed by atoms with E-state index in [1.54, 1.807) is 4.52 Å². The Morgan fingerprint density at radius 3 is 2.47 bits per heavy atom. The molecule has 0 aliphatic rings. The van der Waals surface area contributed by atoms with Gasteiger partial charge in [-0.2, -0.15) is 5.10 Å². The van der Waals surface area contributed by atoms with E-state index >= 15 is 0 Å². The maximum atomic E-state index is 13.4. The molecule has 2 aromatic heterocycles. The first kappa shape index (κ1) is 20.6. The molecule has 0 saturated heterocycles. The molecule has 2 heterocycles. The van der Waals surface area contributed by atoms with Crippen LogP contribution in [0.3, 0.4) is 0 Å². The zero-order chi connectivity index (χ0) is 21.3. The summed E-state index contributed by atoms with van der Waals surface area (Å²) in [6.07, 6.45) is 0.741. The summed E-state index contributed by atoms with van der Waals surface area (Å²) in [4.78, 5) is 5.32. The van der Waals surface area contributed by atoms with Gasteiger partial charge in [-0.3, -0.25) is 0 Å². The standard InChI is InChI=1S/C20H18F2N4O2S2/c1-2-18-25-26-17(19(24-20(26)29-18)14-6-4-3-5-7-14)11-23-30(27,28)12-13-8-15(21)10-16(22)9-13/h3-10,23H,2,11-12H2,1H3. The second-order valence-electron chi connectivity index (χ2n) is 6.67. The Morgan fingerprint density at radius 2 is 1.80 bits per heavy atom. The summed E-state index contributed by atoms with van der Waals surface area (Å²) in [6, 6.07) is 12.1. The van der Waals surface area contributed by atoms with Crippen molar-refractivity contribution in [1.82, 2.24) is 19.3 Å². The van der Waals surface area contributed by atoms with Crippen LogP contribution in [0, 0.1) is 11.6 Å². The highest BCUT2D eigenvalue weighted by Gasteiger charge is 2.20. The average Bonchev–Trinajstić information content (AvgIpc) is 3.23. The van der Waals surface area contributed by atoms with E-state index in [0.717, 1.165) is 29.1 Å². The maximum Gasteiger partial charge on any atom is 0.216 e. The summed E-state index contributed by atoms with van der Waals surface area (Å²) >= 11 is 1.45. The number of aromatic nitrogens is 3. The highest BCUT2D eigenvalue weighted by atomic mass is 32.2. The normalized spacial score (nSPS) is 12.0. The van der Waals surface area contributed by atoms with Gasteiger partial charge in [-0.1, -0.05) is 48.6 Å². The molecular formula is C20H18F2N4O2S2. The van der Waals surface area contributed by atoms with E-state index in [1.807, 2.05) is 37.3 Å². The van der Waals surface area contributed by atoms with Crippen molar-refractivity contribution in [3.63, 3.8) is 0 Å². The highest BCUT2D eigenvalue weighted by Crippen LogP contribution is 2.27. The van der Waals surface area contributed by atoms with Crippen LogP contribution in [0.25, 0.3) is 16.2 Å². The number of hydrogen-bond acceptors (Lipinski definition) is 5. The molecule has 1 N–H and O–H groups in total. The van der Waals surface area contributed by atoms with Gasteiger partial charge in [0.15, 0.2) is 0 Å². The number of fused-ring (bicyclic) bond motifs is 1. The molecule has 10 heteroatoms. The number of halogens is 2. The van der Waals surface area contributed by atoms with Crippen molar-refractivity contribution < 1.29 is 17.2 Å². The largest absolute Gasteiger partial charge is 0.217 e. The second-order valence-corrected chi connectivity index (χ2v) is 9.52. The average molecular weight is 449 g/mol. The highest BCUT2D eigenvalue weighted by molar-refractivity contribution is 7.88. The van der Waals surface area contributed by atoms with Gasteiger partial charge in [-0.05, 0) is 24.1 Å². The van der Waals surface area contributed by atoms with Crippen molar-refractivity contribution in [2.45, 2.75) is 25.6 Å². The SMILES string of the molecule is CCc1nn2c(CNS(=O)(=O)Cc3cc(F)cc(F)c3)c(-c3ccccc3)nc2s1. The van der Waals surface area contributed by atoms with E-state index in [0.29, 0.717) is 22.4 Å². The Labute approximate surface area is 176 Å². The molecular weight excluding hydrogens is 430 g/mol. The quantitative estimate of drug-likeness (QED) is 0.465. The zero-order valence-electron chi connectivity index (χ0n) is 16.0. The molecule has 156 valence electrons. The summed E-state index contributed by atoms with van der Waals surface area (Å²) in [7, 11) is -3.86. The fourth-order valence-corrected chi connectivity index (χ4v) is 5.02. The monoisotopic (exact) mass is 448 g/mol. The number of rotatable bonds is 7. The first-order chi connectivity index (χ1) is 14.3. The lowest BCUT2D eigenvalue weighted by atomic mass is 10.1. The van der Waals surface area contributed by atoms with Crippen molar-refractivity contribution in [2.75, 3.05) is 0 Å². The van der Waals surface area contributed by atoms with Gasteiger partial charge >= 0.3 is 0 Å². The molecule has 6 nitrogen and oxygen atoms in total. The second kappa shape index (κ2) is 8.21. The molecule has 4 aromatic rings. The topological polar surface area (TPSA) is 76.4 Å². The molecule has 0 spiro atoms. The van der Waals surface area contributed by atoms with Crippen LogP contribution in [0.5, 0.6) is 0 Å². The number of aryl methyl sites for hydroxylation is 1. The molecule has 0 radical (unpaired) electrons. The van der Waals surface area contributed by atoms with Gasteiger partial charge in [-0.15, -0.1) is 0 Å². The molecule has 0 saturated carbocycles. The number of sulfonamides is 1. The molecule has 4 rings (SSSR count). The Bertz CT molecular complexity index is 1280. The lowest BCUT2D eigenvalue weighted by Gasteiger charge is -2.08. The molecule has 0 aliphatic carbocycles. The minimum atomic E-state index is -3.86. The van der Waals surface area contributed by atoms with E-state index in [2.05, 4.69) is 14.8 Å². The van der Waals surface area contributed by atoms with Crippen LogP contribution in [0.4, 0.5) is 8.78 Å². The van der Waals surface area contributed by atoms with Crippen LogP contribution in [0.15, 0.2) is 48.5 Å². The third-order valence-corrected chi connectivity index (χ3v) is 6.78. The lowest BCUT2D eigenvalue weighted by molar-refractivity contribution is 0.573. The van der Waals surface area contributed by atoms with Crippen molar-refractivity contribution in [3.8, 4) is 11.3 Å². The van der Waals surface area contributed by atoms with Gasteiger partial charge < -0.3 is 0 Å². The molecule has 0 amide bonds. The van der Waals surface area contributed by atoms with Gasteiger partial charge in [0, 0.05) is 11.6 Å². The number of hydrogen-bond donors (Lipinski definition) is 1. The maximum absolute atomic E-state index is 13.4. The fraction of sp³-hybridized carbons (Fsp3) is 0.200. The third-order valence-electron chi connectivity index (χ3n) is 4.43. The predicted molar refractivity (Wildman–Crippen MR) is 111 cm³/mol. The Balaban J connectivity index is 1.64. The van der Waals surface area contributed by atoms with E-state index in [4.69, 9.17) is 0 Å². The fourth-order valence-electron chi connectivity index (χ4n) is 3.10. The molecule has 0 unspecified atom stereocenters. The molecule has 30 heavy (non-hydrogen) atoms. The Kier molecular flexibility index (Phi) is 5.63. The van der Waals surface area contributed by atoms with E-state index < -0.39 is 27.4 Å². The minimum absolute atomic E-state index is 0.0311. The summed E-state index contributed by atoms with van der Waals surface area (Å²) < 4.78 is 56.1. The van der Waals surface area contributed by atoms with Crippen molar-refractivity contribution in [3.05, 3.63) is 76.4 Å². The summed E-state index contributed by atoms with van der Waals surface area (Å²) in [5, 5.41) is 5.41. The molecule has 0 aliphatic heterocycles. The van der Waals surface area contributed by atoms with Crippen LogP contribution in [0.1, 0.15) is 23.2 Å². The zero-order valence-corrected chi connectivity index (χ0v) is 17.6. The first-order valence-electron chi connectivity index (χ1n) is 9.19. The van der Waals surface area contributed by atoms with Gasteiger partial charge in [0.1, 0.15) is 16.6 Å². The molecule has 0 atom stereocenters. The van der Waals surface area contributed by atoms with E-state index in [1.165, 1.54) is 11.3 Å². The van der Waals surface area contributed by atoms with Crippen LogP contribution >= 0.6 is 11.3 Å². The first-order valence-corrected chi connectivity index (χ1v) is 11.7. The van der Waals surface area contributed by atoms with Gasteiger partial charge in [-0.25, -0.2) is 31.4 Å². The van der Waals surface area contributed by atoms with Crippen molar-refractivity contribution in [2.24, 2.45) is 0 Å². The molecule has 0 bridgehead atoms. The summed E-state index contributed by atoms with van der Waals surface area (Å²) in [5.74, 6) is -2.18. The van der Waals surface area contributed by atoms with Crippen LogP contribution < -0.4 is 4.72 Å². The van der Waals surface area contributed by atoms with Gasteiger partial charge in [0.25, 0.3) is 0 Å². The number of imidazole rings is 1. The number of nitrogens with one attached hydrogen (secondary N) is 1. The number of nitrogens with zero attached hydrogens (tertiary/aromatic N) is 3. The van der Waals surface area contributed by atoms with E-state index in [9.17, 15) is 17.2 Å². The smallest absolute Gasteiger partial charge is 0.216 e. The lowest BCUT2D eigenvalue weighted by Crippen LogP contribution is -2.26. The van der Waals surface area contributed by atoms with Crippen LogP contribution in [0.2, 0.25) is 0 Å². The third kappa shape index (κ3) is 4.40. The minimum Gasteiger partial charge on any atom is -0.217 e. The van der Waals surface area contributed by atoms with Crippen molar-refractivity contribution in [1.29, 1.82) is 0 Å². The van der Waals surface area contributed by atoms with Crippen molar-refractivity contribution >= 4 is 26.3 Å². The Morgan fingerprint density at radius 1 is 1.10 bits per heavy atom. The predicted octanol–water partition coefficient (Wildman–Crippen LogP) is 3.92. The van der Waals surface area contributed by atoms with Crippen LogP contribution in [-0.2, 0) is 28.7 Å².